The minimum atomic E-state index is -0.710. The standard InChI is InChI=1S/C16H22N2O4/c19-14-15(20)18(11-13-7-4-10-22-13)16(21)17(14)9-8-12-5-2-1-3-6-12/h5,13H,1-4,6-11H2. The van der Waals surface area contributed by atoms with E-state index >= 15 is 0 Å². The van der Waals surface area contributed by atoms with Crippen LogP contribution >= 0.6 is 0 Å². The van der Waals surface area contributed by atoms with Gasteiger partial charge >= 0.3 is 17.8 Å². The second-order valence-electron chi connectivity index (χ2n) is 6.15. The number of hydrogen-bond acceptors (Lipinski definition) is 4. The third-order valence-corrected chi connectivity index (χ3v) is 4.59. The molecule has 0 spiro atoms. The third kappa shape index (κ3) is 3.06. The summed E-state index contributed by atoms with van der Waals surface area (Å²) in [6, 6.07) is -0.484. The van der Waals surface area contributed by atoms with E-state index in [0.29, 0.717) is 19.6 Å². The van der Waals surface area contributed by atoms with Gasteiger partial charge in [-0.1, -0.05) is 11.6 Å². The molecule has 0 saturated carbocycles. The summed E-state index contributed by atoms with van der Waals surface area (Å²) < 4.78 is 5.45. The molecule has 0 bridgehead atoms. The zero-order chi connectivity index (χ0) is 15.5. The number of nitrogens with zero attached hydrogens (tertiary/aromatic N) is 2. The molecule has 6 nitrogen and oxygen atoms in total. The number of imide groups is 2. The van der Waals surface area contributed by atoms with Gasteiger partial charge in [0.05, 0.1) is 12.6 Å². The van der Waals surface area contributed by atoms with E-state index in [9.17, 15) is 14.4 Å². The number of hydrogen-bond donors (Lipinski definition) is 0. The lowest BCUT2D eigenvalue weighted by atomic mass is 9.97. The molecule has 120 valence electrons. The SMILES string of the molecule is O=C1C(=O)N(CC2CCCO2)C(=O)N1CCC1=CCCCC1. The van der Waals surface area contributed by atoms with E-state index in [1.165, 1.54) is 12.0 Å². The molecule has 0 aromatic heterocycles. The molecule has 2 heterocycles. The van der Waals surface area contributed by atoms with Crippen LogP contribution in [0.1, 0.15) is 44.9 Å². The summed E-state index contributed by atoms with van der Waals surface area (Å²) in [6.45, 7) is 1.16. The van der Waals surface area contributed by atoms with Crippen molar-refractivity contribution in [3.8, 4) is 0 Å². The van der Waals surface area contributed by atoms with Crippen LogP contribution in [0.2, 0.25) is 0 Å². The van der Waals surface area contributed by atoms with Gasteiger partial charge in [0.2, 0.25) is 0 Å². The predicted molar refractivity (Wildman–Crippen MR) is 79.0 cm³/mol. The Bertz CT molecular complexity index is 508. The van der Waals surface area contributed by atoms with Crippen LogP contribution in [-0.4, -0.2) is 53.4 Å². The van der Waals surface area contributed by atoms with E-state index in [-0.39, 0.29) is 12.6 Å². The van der Waals surface area contributed by atoms with Crippen molar-refractivity contribution in [3.63, 3.8) is 0 Å². The Hall–Kier alpha value is -1.69. The van der Waals surface area contributed by atoms with Crippen LogP contribution in [0.15, 0.2) is 11.6 Å². The van der Waals surface area contributed by atoms with Gasteiger partial charge in [-0.25, -0.2) is 4.79 Å². The van der Waals surface area contributed by atoms with Crippen molar-refractivity contribution in [1.29, 1.82) is 0 Å². The molecule has 4 amide bonds. The number of carbonyl (C=O) groups is 3. The fraction of sp³-hybridized carbons (Fsp3) is 0.688. The molecule has 0 N–H and O–H groups in total. The summed E-state index contributed by atoms with van der Waals surface area (Å²) in [7, 11) is 0. The van der Waals surface area contributed by atoms with Crippen molar-refractivity contribution < 1.29 is 19.1 Å². The molecule has 2 aliphatic heterocycles. The lowest BCUT2D eigenvalue weighted by Crippen LogP contribution is -2.38. The smallest absolute Gasteiger partial charge is 0.334 e. The van der Waals surface area contributed by atoms with Gasteiger partial charge in [-0.05, 0) is 44.9 Å². The molecule has 2 saturated heterocycles. The number of amides is 4. The summed E-state index contributed by atoms with van der Waals surface area (Å²) in [5.74, 6) is -1.41. The zero-order valence-electron chi connectivity index (χ0n) is 12.8. The molecular weight excluding hydrogens is 284 g/mol. The van der Waals surface area contributed by atoms with Gasteiger partial charge in [0.15, 0.2) is 0 Å². The number of rotatable bonds is 5. The minimum absolute atomic E-state index is 0.123. The summed E-state index contributed by atoms with van der Waals surface area (Å²) in [6.07, 6.45) is 8.99. The van der Waals surface area contributed by atoms with Crippen molar-refractivity contribution in [2.75, 3.05) is 19.7 Å². The van der Waals surface area contributed by atoms with Crippen molar-refractivity contribution in [2.24, 2.45) is 0 Å². The van der Waals surface area contributed by atoms with Gasteiger partial charge in [0.25, 0.3) is 0 Å². The van der Waals surface area contributed by atoms with Crippen molar-refractivity contribution >= 4 is 17.8 Å². The van der Waals surface area contributed by atoms with Crippen molar-refractivity contribution in [3.05, 3.63) is 11.6 Å². The monoisotopic (exact) mass is 306 g/mol. The molecule has 1 aliphatic carbocycles. The van der Waals surface area contributed by atoms with Gasteiger partial charge in [-0.15, -0.1) is 0 Å². The second kappa shape index (κ2) is 6.60. The van der Waals surface area contributed by atoms with Crippen LogP contribution in [0.3, 0.4) is 0 Å². The Morgan fingerprint density at radius 2 is 1.91 bits per heavy atom. The van der Waals surface area contributed by atoms with E-state index < -0.39 is 17.8 Å². The molecule has 0 aromatic carbocycles. The maximum atomic E-state index is 12.3. The topological polar surface area (TPSA) is 66.9 Å². The average molecular weight is 306 g/mol. The van der Waals surface area contributed by atoms with E-state index in [1.807, 2.05) is 0 Å². The second-order valence-corrected chi connectivity index (χ2v) is 6.15. The maximum Gasteiger partial charge on any atom is 0.334 e. The lowest BCUT2D eigenvalue weighted by Gasteiger charge is -2.19. The number of allylic oxidation sites excluding steroid dienone is 1. The third-order valence-electron chi connectivity index (χ3n) is 4.59. The molecule has 22 heavy (non-hydrogen) atoms. The highest BCUT2D eigenvalue weighted by molar-refractivity contribution is 6.44. The van der Waals surface area contributed by atoms with Gasteiger partial charge in [-0.3, -0.25) is 19.4 Å². The van der Waals surface area contributed by atoms with Gasteiger partial charge in [0, 0.05) is 13.2 Å². The highest BCUT2D eigenvalue weighted by Gasteiger charge is 2.45. The molecule has 3 aliphatic rings. The summed E-state index contributed by atoms with van der Waals surface area (Å²) >= 11 is 0. The van der Waals surface area contributed by atoms with Crippen molar-refractivity contribution in [1.82, 2.24) is 9.80 Å². The number of carbonyl (C=O) groups excluding carboxylic acids is 3. The number of ether oxygens (including phenoxy) is 1. The summed E-state index contributed by atoms with van der Waals surface area (Å²) in [5, 5.41) is 0. The van der Waals surface area contributed by atoms with Gasteiger partial charge in [-0.2, -0.15) is 0 Å². The Balaban J connectivity index is 1.59. The molecule has 6 heteroatoms. The molecule has 2 fully saturated rings. The van der Waals surface area contributed by atoms with E-state index in [2.05, 4.69) is 6.08 Å². The first-order valence-corrected chi connectivity index (χ1v) is 8.13. The summed E-state index contributed by atoms with van der Waals surface area (Å²) in [4.78, 5) is 38.5. The average Bonchev–Trinajstić information content (AvgIpc) is 3.11. The van der Waals surface area contributed by atoms with E-state index in [4.69, 9.17) is 4.74 Å². The van der Waals surface area contributed by atoms with Crippen LogP contribution < -0.4 is 0 Å². The first-order chi connectivity index (χ1) is 10.7. The van der Waals surface area contributed by atoms with E-state index in [1.54, 1.807) is 0 Å². The molecule has 3 rings (SSSR count). The molecule has 0 radical (unpaired) electrons. The molecule has 1 atom stereocenters. The first kappa shape index (κ1) is 15.2. The zero-order valence-corrected chi connectivity index (χ0v) is 12.8. The van der Waals surface area contributed by atoms with Crippen LogP contribution in [0.5, 0.6) is 0 Å². The Morgan fingerprint density at radius 1 is 1.09 bits per heavy atom. The predicted octanol–water partition coefficient (Wildman–Crippen LogP) is 1.85. The van der Waals surface area contributed by atoms with Gasteiger partial charge < -0.3 is 4.74 Å². The first-order valence-electron chi connectivity index (χ1n) is 8.13. The quantitative estimate of drug-likeness (QED) is 0.442. The maximum absolute atomic E-state index is 12.3. The largest absolute Gasteiger partial charge is 0.376 e. The fourth-order valence-electron chi connectivity index (χ4n) is 3.29. The molecule has 0 aromatic rings. The lowest BCUT2D eigenvalue weighted by molar-refractivity contribution is -0.143. The molecular formula is C16H22N2O4. The van der Waals surface area contributed by atoms with Gasteiger partial charge in [0.1, 0.15) is 0 Å². The highest BCUT2D eigenvalue weighted by Crippen LogP contribution is 2.23. The van der Waals surface area contributed by atoms with Crippen LogP contribution in [0.4, 0.5) is 4.79 Å². The van der Waals surface area contributed by atoms with E-state index in [0.717, 1.165) is 41.9 Å². The van der Waals surface area contributed by atoms with Crippen LogP contribution in [0, 0.1) is 0 Å². The highest BCUT2D eigenvalue weighted by atomic mass is 16.5. The Kier molecular flexibility index (Phi) is 4.57. The van der Waals surface area contributed by atoms with Crippen molar-refractivity contribution in [2.45, 2.75) is 51.0 Å². The fourth-order valence-corrected chi connectivity index (χ4v) is 3.29. The van der Waals surface area contributed by atoms with Crippen LogP contribution in [-0.2, 0) is 14.3 Å². The normalized spacial score (nSPS) is 26.1. The summed E-state index contributed by atoms with van der Waals surface area (Å²) in [5.41, 5.74) is 1.29. The minimum Gasteiger partial charge on any atom is -0.376 e. The number of urea groups is 1. The Labute approximate surface area is 130 Å². The molecule has 1 unspecified atom stereocenters. The Morgan fingerprint density at radius 3 is 2.59 bits per heavy atom. The van der Waals surface area contributed by atoms with Crippen LogP contribution in [0.25, 0.3) is 0 Å².